The van der Waals surface area contributed by atoms with Crippen molar-refractivity contribution >= 4 is 0 Å². The normalized spacial score (nSPS) is 13.8. The lowest BCUT2D eigenvalue weighted by molar-refractivity contribution is 0.0973. The summed E-state index contributed by atoms with van der Waals surface area (Å²) < 4.78 is 5.52. The third-order valence-corrected chi connectivity index (χ3v) is 2.38. The lowest BCUT2D eigenvalue weighted by Gasteiger charge is -2.26. The highest BCUT2D eigenvalue weighted by atomic mass is 16.3. The van der Waals surface area contributed by atoms with Crippen molar-refractivity contribution in [1.29, 1.82) is 0 Å². The lowest BCUT2D eigenvalue weighted by Crippen LogP contribution is -2.35. The molecule has 1 atom stereocenters. The maximum absolute atomic E-state index is 9.38. The predicted octanol–water partition coefficient (Wildman–Crippen LogP) is 2.18. The second-order valence-corrected chi connectivity index (χ2v) is 4.38. The van der Waals surface area contributed by atoms with Crippen LogP contribution in [0.4, 0.5) is 0 Å². The average molecular weight is 211 g/mol. The van der Waals surface area contributed by atoms with Crippen LogP contribution in [0.3, 0.4) is 0 Å². The summed E-state index contributed by atoms with van der Waals surface area (Å²) in [5.41, 5.74) is 0. The van der Waals surface area contributed by atoms with Gasteiger partial charge in [0, 0.05) is 12.6 Å². The maximum atomic E-state index is 9.38. The van der Waals surface area contributed by atoms with Gasteiger partial charge in [0.15, 0.2) is 0 Å². The standard InChI is InChI=1S/C12H21NO2/c1-9(2)13(7-10(3)14)8-12-6-5-11(4)15-12/h5-6,9-10,14H,7-8H2,1-4H3. The second-order valence-electron chi connectivity index (χ2n) is 4.38. The summed E-state index contributed by atoms with van der Waals surface area (Å²) >= 11 is 0. The van der Waals surface area contributed by atoms with Gasteiger partial charge in [-0.15, -0.1) is 0 Å². The summed E-state index contributed by atoms with van der Waals surface area (Å²) in [6.45, 7) is 9.44. The van der Waals surface area contributed by atoms with E-state index in [2.05, 4.69) is 18.7 Å². The van der Waals surface area contributed by atoms with Gasteiger partial charge in [0.1, 0.15) is 11.5 Å². The maximum Gasteiger partial charge on any atom is 0.118 e. The first kappa shape index (κ1) is 12.3. The first-order chi connectivity index (χ1) is 6.99. The summed E-state index contributed by atoms with van der Waals surface area (Å²) in [4.78, 5) is 2.20. The van der Waals surface area contributed by atoms with Gasteiger partial charge < -0.3 is 9.52 Å². The Bertz CT molecular complexity index is 292. The van der Waals surface area contributed by atoms with Crippen LogP contribution in [-0.2, 0) is 6.54 Å². The van der Waals surface area contributed by atoms with E-state index in [4.69, 9.17) is 4.42 Å². The van der Waals surface area contributed by atoms with E-state index in [9.17, 15) is 5.11 Å². The summed E-state index contributed by atoms with van der Waals surface area (Å²) in [7, 11) is 0. The molecule has 86 valence electrons. The highest BCUT2D eigenvalue weighted by Gasteiger charge is 2.13. The molecule has 1 rings (SSSR count). The van der Waals surface area contributed by atoms with Crippen molar-refractivity contribution < 1.29 is 9.52 Å². The minimum Gasteiger partial charge on any atom is -0.465 e. The molecule has 0 amide bonds. The molecule has 0 saturated heterocycles. The fourth-order valence-corrected chi connectivity index (χ4v) is 1.57. The van der Waals surface area contributed by atoms with Crippen molar-refractivity contribution in [2.45, 2.75) is 46.4 Å². The Balaban J connectivity index is 2.58. The van der Waals surface area contributed by atoms with E-state index >= 15 is 0 Å². The Morgan fingerprint density at radius 3 is 2.40 bits per heavy atom. The summed E-state index contributed by atoms with van der Waals surface area (Å²) in [6.07, 6.45) is -0.302. The molecule has 1 N–H and O–H groups in total. The molecule has 1 aromatic heterocycles. The predicted molar refractivity (Wildman–Crippen MR) is 60.7 cm³/mol. The number of aryl methyl sites for hydroxylation is 1. The number of hydrogen-bond acceptors (Lipinski definition) is 3. The number of furan rings is 1. The van der Waals surface area contributed by atoms with Crippen molar-refractivity contribution in [2.24, 2.45) is 0 Å². The van der Waals surface area contributed by atoms with E-state index in [1.165, 1.54) is 0 Å². The van der Waals surface area contributed by atoms with Crippen LogP contribution in [0.2, 0.25) is 0 Å². The molecule has 0 spiro atoms. The molecule has 3 heteroatoms. The first-order valence-corrected chi connectivity index (χ1v) is 5.46. The third-order valence-electron chi connectivity index (χ3n) is 2.38. The number of aliphatic hydroxyl groups is 1. The van der Waals surface area contributed by atoms with Gasteiger partial charge in [0.25, 0.3) is 0 Å². The van der Waals surface area contributed by atoms with Gasteiger partial charge in [0.05, 0.1) is 12.6 Å². The molecule has 0 radical (unpaired) electrons. The molecule has 0 saturated carbocycles. The Kier molecular flexibility index (Phi) is 4.36. The van der Waals surface area contributed by atoms with Crippen molar-refractivity contribution in [3.05, 3.63) is 23.7 Å². The van der Waals surface area contributed by atoms with E-state index < -0.39 is 0 Å². The molecule has 0 bridgehead atoms. The van der Waals surface area contributed by atoms with Gasteiger partial charge >= 0.3 is 0 Å². The molecule has 1 aromatic rings. The first-order valence-electron chi connectivity index (χ1n) is 5.46. The van der Waals surface area contributed by atoms with Crippen LogP contribution in [0, 0.1) is 6.92 Å². The smallest absolute Gasteiger partial charge is 0.118 e. The van der Waals surface area contributed by atoms with E-state index in [0.29, 0.717) is 12.6 Å². The highest BCUT2D eigenvalue weighted by Crippen LogP contribution is 2.12. The molecular formula is C12H21NO2. The zero-order valence-corrected chi connectivity index (χ0v) is 10.0. The molecule has 3 nitrogen and oxygen atoms in total. The molecule has 1 unspecified atom stereocenters. The van der Waals surface area contributed by atoms with Crippen LogP contribution in [-0.4, -0.2) is 28.7 Å². The van der Waals surface area contributed by atoms with Crippen LogP contribution in [0.1, 0.15) is 32.3 Å². The van der Waals surface area contributed by atoms with Gasteiger partial charge in [-0.1, -0.05) is 0 Å². The number of aliphatic hydroxyl groups excluding tert-OH is 1. The van der Waals surface area contributed by atoms with Gasteiger partial charge in [-0.05, 0) is 39.8 Å². The van der Waals surface area contributed by atoms with Gasteiger partial charge in [-0.2, -0.15) is 0 Å². The van der Waals surface area contributed by atoms with Crippen LogP contribution < -0.4 is 0 Å². The number of rotatable bonds is 5. The molecule has 15 heavy (non-hydrogen) atoms. The van der Waals surface area contributed by atoms with Gasteiger partial charge in [0.2, 0.25) is 0 Å². The molecule has 0 aromatic carbocycles. The highest BCUT2D eigenvalue weighted by molar-refractivity contribution is 5.05. The topological polar surface area (TPSA) is 36.6 Å². The lowest BCUT2D eigenvalue weighted by atomic mass is 10.2. The Labute approximate surface area is 91.7 Å². The largest absolute Gasteiger partial charge is 0.465 e. The SMILES string of the molecule is Cc1ccc(CN(CC(C)O)C(C)C)o1. The van der Waals surface area contributed by atoms with E-state index in [-0.39, 0.29) is 6.10 Å². The molecular weight excluding hydrogens is 190 g/mol. The fourth-order valence-electron chi connectivity index (χ4n) is 1.57. The van der Waals surface area contributed by atoms with Crippen LogP contribution in [0.25, 0.3) is 0 Å². The Hall–Kier alpha value is -0.800. The Morgan fingerprint density at radius 1 is 1.33 bits per heavy atom. The molecule has 0 aliphatic heterocycles. The van der Waals surface area contributed by atoms with Crippen molar-refractivity contribution in [3.63, 3.8) is 0 Å². The summed E-state index contributed by atoms with van der Waals surface area (Å²) in [5.74, 6) is 1.90. The van der Waals surface area contributed by atoms with E-state index in [1.54, 1.807) is 0 Å². The number of nitrogens with zero attached hydrogens (tertiary/aromatic N) is 1. The average Bonchev–Trinajstić information content (AvgIpc) is 2.49. The third kappa shape index (κ3) is 4.06. The second kappa shape index (κ2) is 5.33. The zero-order valence-electron chi connectivity index (χ0n) is 10.0. The van der Waals surface area contributed by atoms with Crippen LogP contribution in [0.5, 0.6) is 0 Å². The Morgan fingerprint density at radius 2 is 2.00 bits per heavy atom. The van der Waals surface area contributed by atoms with Crippen molar-refractivity contribution in [3.8, 4) is 0 Å². The minimum atomic E-state index is -0.302. The van der Waals surface area contributed by atoms with Gasteiger partial charge in [-0.25, -0.2) is 0 Å². The molecule has 0 fully saturated rings. The van der Waals surface area contributed by atoms with Gasteiger partial charge in [-0.3, -0.25) is 4.90 Å². The molecule has 1 heterocycles. The summed E-state index contributed by atoms with van der Waals surface area (Å²) in [6, 6.07) is 4.37. The molecule has 0 aliphatic rings. The quantitative estimate of drug-likeness (QED) is 0.811. The monoisotopic (exact) mass is 211 g/mol. The van der Waals surface area contributed by atoms with E-state index in [1.807, 2.05) is 26.0 Å². The minimum absolute atomic E-state index is 0.302. The van der Waals surface area contributed by atoms with Crippen molar-refractivity contribution in [2.75, 3.05) is 6.54 Å². The number of hydrogen-bond donors (Lipinski definition) is 1. The van der Waals surface area contributed by atoms with Crippen molar-refractivity contribution in [1.82, 2.24) is 4.90 Å². The van der Waals surface area contributed by atoms with Crippen LogP contribution in [0.15, 0.2) is 16.5 Å². The van der Waals surface area contributed by atoms with E-state index in [0.717, 1.165) is 18.1 Å². The van der Waals surface area contributed by atoms with Crippen LogP contribution >= 0.6 is 0 Å². The zero-order chi connectivity index (χ0) is 11.4. The summed E-state index contributed by atoms with van der Waals surface area (Å²) in [5, 5.41) is 9.38. The fraction of sp³-hybridized carbons (Fsp3) is 0.667. The molecule has 0 aliphatic carbocycles.